The van der Waals surface area contributed by atoms with Crippen LogP contribution in [-0.2, 0) is 34.1 Å². The van der Waals surface area contributed by atoms with Gasteiger partial charge in [-0.1, -0.05) is 79.3 Å². The second-order valence-corrected chi connectivity index (χ2v) is 11.7. The van der Waals surface area contributed by atoms with Crippen LogP contribution in [0.15, 0.2) is 65.8 Å². The Morgan fingerprint density at radius 3 is 2.35 bits per heavy atom. The van der Waals surface area contributed by atoms with Gasteiger partial charge in [0.15, 0.2) is 15.0 Å². The summed E-state index contributed by atoms with van der Waals surface area (Å²) < 4.78 is 26.3. The monoisotopic (exact) mass is 498 g/mol. The van der Waals surface area contributed by atoms with E-state index in [-0.39, 0.29) is 29.2 Å². The summed E-state index contributed by atoms with van der Waals surface area (Å²) in [5, 5.41) is 9.50. The molecule has 1 saturated heterocycles. The summed E-state index contributed by atoms with van der Waals surface area (Å²) in [6.45, 7) is 3.29. The van der Waals surface area contributed by atoms with Gasteiger partial charge >= 0.3 is 0 Å². The summed E-state index contributed by atoms with van der Waals surface area (Å²) in [6.07, 6.45) is 2.10. The summed E-state index contributed by atoms with van der Waals surface area (Å²) in [5.74, 6) is 1.16. The first-order chi connectivity index (χ1) is 16.4. The van der Waals surface area contributed by atoms with E-state index in [1.807, 2.05) is 48.5 Å². The molecule has 0 saturated carbocycles. The summed E-state index contributed by atoms with van der Waals surface area (Å²) in [5.41, 5.74) is 2.15. The van der Waals surface area contributed by atoms with Crippen LogP contribution in [0.25, 0.3) is 0 Å². The largest absolute Gasteiger partial charge is 0.334 e. The highest BCUT2D eigenvalue weighted by Crippen LogP contribution is 2.24. The van der Waals surface area contributed by atoms with Crippen LogP contribution in [0.3, 0.4) is 0 Å². The van der Waals surface area contributed by atoms with E-state index in [9.17, 15) is 13.2 Å². The van der Waals surface area contributed by atoms with Crippen molar-refractivity contribution in [3.05, 3.63) is 77.6 Å². The topological polar surface area (TPSA) is 85.2 Å². The molecule has 1 aliphatic heterocycles. The van der Waals surface area contributed by atoms with E-state index in [0.29, 0.717) is 19.4 Å². The molecule has 0 spiro atoms. The van der Waals surface area contributed by atoms with Crippen molar-refractivity contribution < 1.29 is 13.2 Å². The first-order valence-corrected chi connectivity index (χ1v) is 14.4. The summed E-state index contributed by atoms with van der Waals surface area (Å²) in [7, 11) is -3.10. The van der Waals surface area contributed by atoms with Gasteiger partial charge in [0.1, 0.15) is 5.82 Å². The molecular formula is C25H30N4O3S2. The Labute approximate surface area is 205 Å². The molecule has 1 fully saturated rings. The Morgan fingerprint density at radius 1 is 1.06 bits per heavy atom. The average molecular weight is 499 g/mol. The highest BCUT2D eigenvalue weighted by atomic mass is 32.2. The molecule has 1 amide bonds. The number of carbonyl (C=O) groups excluding carboxylic acids is 1. The number of aromatic nitrogens is 3. The number of sulfone groups is 1. The minimum Gasteiger partial charge on any atom is -0.334 e. The van der Waals surface area contributed by atoms with Gasteiger partial charge in [-0.25, -0.2) is 8.42 Å². The summed E-state index contributed by atoms with van der Waals surface area (Å²) >= 11 is 1.37. The number of nitrogens with zero attached hydrogens (tertiary/aromatic N) is 4. The minimum atomic E-state index is -3.10. The Bertz CT molecular complexity index is 1200. The lowest BCUT2D eigenvalue weighted by Gasteiger charge is -2.28. The van der Waals surface area contributed by atoms with Gasteiger partial charge in [-0.15, -0.1) is 10.2 Å². The second kappa shape index (κ2) is 11.2. The van der Waals surface area contributed by atoms with E-state index >= 15 is 0 Å². The Kier molecular flexibility index (Phi) is 8.05. The van der Waals surface area contributed by atoms with Gasteiger partial charge in [0.2, 0.25) is 5.91 Å². The molecule has 4 rings (SSSR count). The van der Waals surface area contributed by atoms with Crippen molar-refractivity contribution in [2.24, 2.45) is 0 Å². The fourth-order valence-corrected chi connectivity index (χ4v) is 6.81. The first kappa shape index (κ1) is 24.5. The third-order valence-corrected chi connectivity index (χ3v) is 8.64. The van der Waals surface area contributed by atoms with Gasteiger partial charge in [-0.3, -0.25) is 4.79 Å². The number of hydrogen-bond donors (Lipinski definition) is 0. The summed E-state index contributed by atoms with van der Waals surface area (Å²) in [4.78, 5) is 15.1. The lowest BCUT2D eigenvalue weighted by atomic mass is 10.1. The van der Waals surface area contributed by atoms with Gasteiger partial charge in [0.05, 0.1) is 17.3 Å². The molecule has 0 bridgehead atoms. The van der Waals surface area contributed by atoms with E-state index in [1.165, 1.54) is 11.8 Å². The highest BCUT2D eigenvalue weighted by molar-refractivity contribution is 7.99. The van der Waals surface area contributed by atoms with Gasteiger partial charge in [0.25, 0.3) is 0 Å². The van der Waals surface area contributed by atoms with Crippen LogP contribution < -0.4 is 0 Å². The molecule has 2 heterocycles. The predicted octanol–water partition coefficient (Wildman–Crippen LogP) is 3.59. The zero-order valence-electron chi connectivity index (χ0n) is 19.3. The van der Waals surface area contributed by atoms with Crippen LogP contribution in [0, 0.1) is 0 Å². The molecule has 9 heteroatoms. The van der Waals surface area contributed by atoms with Gasteiger partial charge in [-0.05, 0) is 24.0 Å². The molecule has 0 unspecified atom stereocenters. The van der Waals surface area contributed by atoms with Crippen LogP contribution in [0.1, 0.15) is 36.7 Å². The lowest BCUT2D eigenvalue weighted by Crippen LogP contribution is -2.41. The van der Waals surface area contributed by atoms with Crippen LogP contribution in [0.2, 0.25) is 0 Å². The molecule has 1 atom stereocenters. The summed E-state index contributed by atoms with van der Waals surface area (Å²) in [6, 6.07) is 19.6. The molecule has 7 nitrogen and oxygen atoms in total. The zero-order valence-corrected chi connectivity index (χ0v) is 21.0. The fraction of sp³-hybridized carbons (Fsp3) is 0.400. The quantitative estimate of drug-likeness (QED) is 0.397. The van der Waals surface area contributed by atoms with Crippen molar-refractivity contribution in [2.45, 2.75) is 50.5 Å². The number of rotatable bonds is 10. The third kappa shape index (κ3) is 6.27. The van der Waals surface area contributed by atoms with E-state index in [4.69, 9.17) is 0 Å². The Morgan fingerprint density at radius 2 is 1.74 bits per heavy atom. The van der Waals surface area contributed by atoms with Crippen molar-refractivity contribution >= 4 is 27.5 Å². The van der Waals surface area contributed by atoms with Crippen LogP contribution >= 0.6 is 11.8 Å². The van der Waals surface area contributed by atoms with Crippen LogP contribution in [0.4, 0.5) is 0 Å². The zero-order chi connectivity index (χ0) is 24.0. The molecule has 180 valence electrons. The van der Waals surface area contributed by atoms with Crippen LogP contribution in [0.5, 0.6) is 0 Å². The van der Waals surface area contributed by atoms with Crippen molar-refractivity contribution in [3.63, 3.8) is 0 Å². The molecule has 3 aromatic rings. The molecule has 2 aromatic carbocycles. The lowest BCUT2D eigenvalue weighted by molar-refractivity contribution is -0.130. The molecule has 1 aliphatic rings. The minimum absolute atomic E-state index is 0.0312. The number of amides is 1. The van der Waals surface area contributed by atoms with Gasteiger partial charge in [-0.2, -0.15) is 0 Å². The molecule has 0 N–H and O–H groups in total. The maximum Gasteiger partial charge on any atom is 0.233 e. The smallest absolute Gasteiger partial charge is 0.233 e. The van der Waals surface area contributed by atoms with E-state index < -0.39 is 9.84 Å². The van der Waals surface area contributed by atoms with Crippen LogP contribution in [-0.4, -0.2) is 57.3 Å². The van der Waals surface area contributed by atoms with E-state index in [2.05, 4.69) is 33.8 Å². The fourth-order valence-electron chi connectivity index (χ4n) is 4.21. The molecular weight excluding hydrogens is 468 g/mol. The van der Waals surface area contributed by atoms with Crippen molar-refractivity contribution in [1.29, 1.82) is 0 Å². The van der Waals surface area contributed by atoms with E-state index in [1.54, 1.807) is 4.90 Å². The SMILES string of the molecule is CCCn1c(Cc2ccccc2)nnc1SCC(=O)N(Cc1ccccc1)[C@H]1CCS(=O)(=O)C1. The second-order valence-electron chi connectivity index (χ2n) is 8.57. The van der Waals surface area contributed by atoms with E-state index in [0.717, 1.165) is 35.1 Å². The molecule has 0 aliphatic carbocycles. The average Bonchev–Trinajstić information content (AvgIpc) is 3.39. The van der Waals surface area contributed by atoms with Crippen molar-refractivity contribution in [1.82, 2.24) is 19.7 Å². The highest BCUT2D eigenvalue weighted by Gasteiger charge is 2.34. The van der Waals surface area contributed by atoms with Crippen molar-refractivity contribution in [3.8, 4) is 0 Å². The predicted molar refractivity (Wildman–Crippen MR) is 134 cm³/mol. The Hall–Kier alpha value is -2.65. The maximum absolute atomic E-state index is 13.3. The van der Waals surface area contributed by atoms with Crippen molar-refractivity contribution in [2.75, 3.05) is 17.3 Å². The number of hydrogen-bond acceptors (Lipinski definition) is 6. The number of thioether (sulfide) groups is 1. The van der Waals surface area contributed by atoms with Gasteiger partial charge < -0.3 is 9.47 Å². The first-order valence-electron chi connectivity index (χ1n) is 11.6. The van der Waals surface area contributed by atoms with Gasteiger partial charge in [0, 0.05) is 25.6 Å². The standard InChI is InChI=1S/C25H30N4O3S2/c1-2-14-28-23(16-20-9-5-3-6-10-20)26-27-25(28)33-18-24(30)29(17-21-11-7-4-8-12-21)22-13-15-34(31,32)19-22/h3-12,22H,2,13-19H2,1H3/t22-/m0/s1. The number of benzene rings is 2. The molecule has 1 aromatic heterocycles. The maximum atomic E-state index is 13.3. The molecule has 34 heavy (non-hydrogen) atoms. The normalized spacial score (nSPS) is 17.0. The number of carbonyl (C=O) groups is 1. The molecule has 0 radical (unpaired) electrons. The third-order valence-electron chi connectivity index (χ3n) is 5.94. The Balaban J connectivity index is 1.48.